The average molecular weight is 360 g/mol. The Labute approximate surface area is 159 Å². The molecule has 1 saturated heterocycles. The number of nitrogens with zero attached hydrogens (tertiary/aromatic N) is 4. The maximum Gasteiger partial charge on any atom is 0.225 e. The minimum atomic E-state index is 0.0521. The molecule has 138 valence electrons. The third-order valence-corrected chi connectivity index (χ3v) is 5.13. The molecular formula is C22H24N4O. The second kappa shape index (κ2) is 7.35. The first-order valence-corrected chi connectivity index (χ1v) is 9.49. The summed E-state index contributed by atoms with van der Waals surface area (Å²) in [6.07, 6.45) is 0. The van der Waals surface area contributed by atoms with E-state index in [0.29, 0.717) is 0 Å². The number of fused-ring (bicyclic) bond motifs is 1. The van der Waals surface area contributed by atoms with E-state index in [2.05, 4.69) is 45.4 Å². The second-order valence-corrected chi connectivity index (χ2v) is 7.27. The molecule has 1 aliphatic rings. The van der Waals surface area contributed by atoms with Crippen LogP contribution in [0.4, 0.5) is 5.82 Å². The van der Waals surface area contributed by atoms with Crippen LogP contribution in [-0.4, -0.2) is 47.2 Å². The van der Waals surface area contributed by atoms with Crippen molar-refractivity contribution in [3.8, 4) is 11.3 Å². The van der Waals surface area contributed by atoms with Crippen molar-refractivity contribution in [3.05, 3.63) is 54.6 Å². The predicted octanol–water partition coefficient (Wildman–Crippen LogP) is 3.60. The van der Waals surface area contributed by atoms with Crippen molar-refractivity contribution < 1.29 is 4.79 Å². The van der Waals surface area contributed by atoms with Crippen molar-refractivity contribution >= 4 is 22.5 Å². The third-order valence-electron chi connectivity index (χ3n) is 5.13. The van der Waals surface area contributed by atoms with Crippen molar-refractivity contribution in [2.75, 3.05) is 31.1 Å². The minimum Gasteiger partial charge on any atom is -0.352 e. The van der Waals surface area contributed by atoms with Gasteiger partial charge in [0.15, 0.2) is 5.82 Å². The number of benzene rings is 2. The fourth-order valence-corrected chi connectivity index (χ4v) is 3.61. The second-order valence-electron chi connectivity index (χ2n) is 7.27. The molecule has 5 heteroatoms. The van der Waals surface area contributed by atoms with E-state index in [4.69, 9.17) is 0 Å². The van der Waals surface area contributed by atoms with E-state index in [9.17, 15) is 4.79 Å². The molecule has 3 aromatic rings. The summed E-state index contributed by atoms with van der Waals surface area (Å²) in [6, 6.07) is 18.6. The Kier molecular flexibility index (Phi) is 4.75. The number of rotatable bonds is 3. The molecule has 0 aliphatic carbocycles. The average Bonchev–Trinajstić information content (AvgIpc) is 2.73. The third kappa shape index (κ3) is 3.50. The fourth-order valence-electron chi connectivity index (χ4n) is 3.61. The Balaban J connectivity index is 1.51. The van der Waals surface area contributed by atoms with Gasteiger partial charge in [-0.15, -0.1) is 10.2 Å². The standard InChI is InChI=1S/C22H24N4O/c1-16(2)22(27)26-14-12-25(13-15-26)21-11-10-20(23-24-21)19-9-5-7-17-6-3-4-8-18(17)19/h3-11,16H,12-15H2,1-2H3. The zero-order valence-electron chi connectivity index (χ0n) is 15.8. The summed E-state index contributed by atoms with van der Waals surface area (Å²) in [6.45, 7) is 6.97. The van der Waals surface area contributed by atoms with Gasteiger partial charge in [0.05, 0.1) is 5.69 Å². The Morgan fingerprint density at radius 2 is 1.63 bits per heavy atom. The van der Waals surface area contributed by atoms with Crippen LogP contribution in [-0.2, 0) is 4.79 Å². The van der Waals surface area contributed by atoms with E-state index in [1.54, 1.807) is 0 Å². The summed E-state index contributed by atoms with van der Waals surface area (Å²) < 4.78 is 0. The molecule has 0 radical (unpaired) electrons. The van der Waals surface area contributed by atoms with Crippen molar-refractivity contribution in [3.63, 3.8) is 0 Å². The predicted molar refractivity (Wildman–Crippen MR) is 109 cm³/mol. The lowest BCUT2D eigenvalue weighted by Crippen LogP contribution is -2.50. The van der Waals surface area contributed by atoms with E-state index in [0.717, 1.165) is 43.3 Å². The quantitative estimate of drug-likeness (QED) is 0.716. The normalized spacial score (nSPS) is 14.8. The van der Waals surface area contributed by atoms with E-state index >= 15 is 0 Å². The summed E-state index contributed by atoms with van der Waals surface area (Å²) >= 11 is 0. The van der Waals surface area contributed by atoms with Crippen LogP contribution in [0.1, 0.15) is 13.8 Å². The number of carbonyl (C=O) groups is 1. The van der Waals surface area contributed by atoms with Gasteiger partial charge in [0.2, 0.25) is 5.91 Å². The summed E-state index contributed by atoms with van der Waals surface area (Å²) in [5, 5.41) is 11.3. The van der Waals surface area contributed by atoms with Gasteiger partial charge in [0, 0.05) is 37.7 Å². The number of piperazine rings is 1. The molecule has 0 unspecified atom stereocenters. The van der Waals surface area contributed by atoms with Crippen molar-refractivity contribution in [1.29, 1.82) is 0 Å². The van der Waals surface area contributed by atoms with Crippen molar-refractivity contribution in [2.45, 2.75) is 13.8 Å². The molecule has 2 aromatic carbocycles. The smallest absolute Gasteiger partial charge is 0.225 e. The molecule has 5 nitrogen and oxygen atoms in total. The van der Waals surface area contributed by atoms with Gasteiger partial charge in [-0.1, -0.05) is 56.3 Å². The van der Waals surface area contributed by atoms with Gasteiger partial charge >= 0.3 is 0 Å². The van der Waals surface area contributed by atoms with Crippen LogP contribution in [0.3, 0.4) is 0 Å². The topological polar surface area (TPSA) is 49.3 Å². The number of amides is 1. The largest absolute Gasteiger partial charge is 0.352 e. The highest BCUT2D eigenvalue weighted by Crippen LogP contribution is 2.27. The Morgan fingerprint density at radius 1 is 0.889 bits per heavy atom. The summed E-state index contributed by atoms with van der Waals surface area (Å²) in [5.41, 5.74) is 1.98. The van der Waals surface area contributed by atoms with E-state index in [-0.39, 0.29) is 11.8 Å². The molecule has 27 heavy (non-hydrogen) atoms. The molecule has 4 rings (SSSR count). The van der Waals surface area contributed by atoms with Crippen molar-refractivity contribution in [1.82, 2.24) is 15.1 Å². The molecule has 0 bridgehead atoms. The molecule has 0 saturated carbocycles. The Bertz CT molecular complexity index is 939. The molecule has 1 aromatic heterocycles. The number of carbonyl (C=O) groups excluding carboxylic acids is 1. The monoisotopic (exact) mass is 360 g/mol. The number of anilines is 1. The zero-order valence-corrected chi connectivity index (χ0v) is 15.8. The molecular weight excluding hydrogens is 336 g/mol. The van der Waals surface area contributed by atoms with Gasteiger partial charge < -0.3 is 9.80 Å². The van der Waals surface area contributed by atoms with Crippen molar-refractivity contribution in [2.24, 2.45) is 5.92 Å². The fraction of sp³-hybridized carbons (Fsp3) is 0.318. The van der Waals surface area contributed by atoms with E-state index < -0.39 is 0 Å². The summed E-state index contributed by atoms with van der Waals surface area (Å²) in [4.78, 5) is 16.3. The van der Waals surface area contributed by atoms with Crippen LogP contribution in [0.25, 0.3) is 22.0 Å². The number of aromatic nitrogens is 2. The first-order valence-electron chi connectivity index (χ1n) is 9.49. The first kappa shape index (κ1) is 17.5. The highest BCUT2D eigenvalue weighted by molar-refractivity contribution is 5.95. The van der Waals surface area contributed by atoms with Crippen LogP contribution >= 0.6 is 0 Å². The van der Waals surface area contributed by atoms with E-state index in [1.807, 2.05) is 43.0 Å². The van der Waals surface area contributed by atoms with Crippen LogP contribution in [0, 0.1) is 5.92 Å². The molecule has 0 N–H and O–H groups in total. The SMILES string of the molecule is CC(C)C(=O)N1CCN(c2ccc(-c3cccc4ccccc34)nn2)CC1. The lowest BCUT2D eigenvalue weighted by molar-refractivity contribution is -0.134. The molecule has 1 amide bonds. The van der Waals surface area contributed by atoms with Crippen LogP contribution in [0.2, 0.25) is 0 Å². The van der Waals surface area contributed by atoms with Crippen LogP contribution in [0.15, 0.2) is 54.6 Å². The Morgan fingerprint density at radius 3 is 2.33 bits per heavy atom. The summed E-state index contributed by atoms with van der Waals surface area (Å²) in [7, 11) is 0. The van der Waals surface area contributed by atoms with Gasteiger partial charge in [-0.25, -0.2) is 0 Å². The highest BCUT2D eigenvalue weighted by Gasteiger charge is 2.23. The van der Waals surface area contributed by atoms with Crippen LogP contribution < -0.4 is 4.90 Å². The first-order chi connectivity index (χ1) is 13.1. The summed E-state index contributed by atoms with van der Waals surface area (Å²) in [5.74, 6) is 1.15. The Hall–Kier alpha value is -2.95. The van der Waals surface area contributed by atoms with Gasteiger partial charge in [0.25, 0.3) is 0 Å². The zero-order chi connectivity index (χ0) is 18.8. The molecule has 0 spiro atoms. The van der Waals surface area contributed by atoms with Gasteiger partial charge in [-0.05, 0) is 22.9 Å². The van der Waals surface area contributed by atoms with Gasteiger partial charge in [-0.3, -0.25) is 4.79 Å². The van der Waals surface area contributed by atoms with E-state index in [1.165, 1.54) is 10.8 Å². The lowest BCUT2D eigenvalue weighted by atomic mass is 10.0. The molecule has 0 atom stereocenters. The minimum absolute atomic E-state index is 0.0521. The maximum atomic E-state index is 12.1. The lowest BCUT2D eigenvalue weighted by Gasteiger charge is -2.36. The van der Waals surface area contributed by atoms with Crippen LogP contribution in [0.5, 0.6) is 0 Å². The molecule has 1 aliphatic heterocycles. The molecule has 2 heterocycles. The van der Waals surface area contributed by atoms with Gasteiger partial charge in [0.1, 0.15) is 0 Å². The molecule has 1 fully saturated rings. The highest BCUT2D eigenvalue weighted by atomic mass is 16.2. The maximum absolute atomic E-state index is 12.1. The number of hydrogen-bond donors (Lipinski definition) is 0. The van der Waals surface area contributed by atoms with Gasteiger partial charge in [-0.2, -0.15) is 0 Å². The number of hydrogen-bond acceptors (Lipinski definition) is 4.